The third-order valence-corrected chi connectivity index (χ3v) is 2.22. The van der Waals surface area contributed by atoms with Crippen LogP contribution in [0.4, 0.5) is 4.39 Å². The second kappa shape index (κ2) is 3.69. The number of methoxy groups -OCH3 is 1. The highest BCUT2D eigenvalue weighted by Gasteiger charge is 2.28. The second-order valence-corrected chi connectivity index (χ2v) is 2.99. The highest BCUT2D eigenvalue weighted by molar-refractivity contribution is 5.69. The minimum atomic E-state index is -0.783. The van der Waals surface area contributed by atoms with Crippen molar-refractivity contribution in [3.63, 3.8) is 0 Å². The van der Waals surface area contributed by atoms with Crippen LogP contribution < -0.4 is 0 Å². The fourth-order valence-corrected chi connectivity index (χ4v) is 1.52. The minimum Gasteiger partial charge on any atom is -0.469 e. The van der Waals surface area contributed by atoms with Crippen LogP contribution in [-0.2, 0) is 9.53 Å². The first kappa shape index (κ1) is 8.50. The van der Waals surface area contributed by atoms with Gasteiger partial charge in [0.15, 0.2) is 0 Å². The van der Waals surface area contributed by atoms with Gasteiger partial charge in [0, 0.05) is 5.92 Å². The van der Waals surface area contributed by atoms with Crippen LogP contribution in [0.25, 0.3) is 0 Å². The minimum absolute atomic E-state index is 0.0811. The van der Waals surface area contributed by atoms with Crippen molar-refractivity contribution in [2.24, 2.45) is 5.92 Å². The molecule has 1 aliphatic rings. The maximum Gasteiger partial charge on any atom is 0.305 e. The van der Waals surface area contributed by atoms with Crippen LogP contribution in [0.1, 0.15) is 25.7 Å². The summed E-state index contributed by atoms with van der Waals surface area (Å²) in [5, 5.41) is 0. The summed E-state index contributed by atoms with van der Waals surface area (Å²) in [7, 11) is 1.34. The number of carbonyl (C=O) groups is 1. The Labute approximate surface area is 65.7 Å². The number of hydrogen-bond acceptors (Lipinski definition) is 2. The van der Waals surface area contributed by atoms with E-state index >= 15 is 0 Å². The molecule has 1 saturated carbocycles. The largest absolute Gasteiger partial charge is 0.469 e. The standard InChI is InChI=1S/C8H13FO2/c1-11-8(10)5-6-3-2-4-7(6)9/h6-7H,2-5H2,1H3/t6-,7-/m1/s1. The lowest BCUT2D eigenvalue weighted by molar-refractivity contribution is -0.142. The van der Waals surface area contributed by atoms with Crippen LogP contribution in [0.3, 0.4) is 0 Å². The zero-order chi connectivity index (χ0) is 8.27. The second-order valence-electron chi connectivity index (χ2n) is 2.99. The predicted molar refractivity (Wildman–Crippen MR) is 38.9 cm³/mol. The van der Waals surface area contributed by atoms with Crippen molar-refractivity contribution in [1.82, 2.24) is 0 Å². The Hall–Kier alpha value is -0.600. The van der Waals surface area contributed by atoms with Gasteiger partial charge in [-0.3, -0.25) is 4.79 Å². The van der Waals surface area contributed by atoms with Crippen molar-refractivity contribution in [3.8, 4) is 0 Å². The Morgan fingerprint density at radius 1 is 1.64 bits per heavy atom. The van der Waals surface area contributed by atoms with Gasteiger partial charge in [-0.15, -0.1) is 0 Å². The lowest BCUT2D eigenvalue weighted by Gasteiger charge is -2.09. The van der Waals surface area contributed by atoms with Crippen molar-refractivity contribution in [2.45, 2.75) is 31.9 Å². The first-order valence-electron chi connectivity index (χ1n) is 3.95. The summed E-state index contributed by atoms with van der Waals surface area (Å²) in [6, 6.07) is 0. The molecular formula is C8H13FO2. The number of halogens is 1. The molecule has 3 heteroatoms. The highest BCUT2D eigenvalue weighted by atomic mass is 19.1. The quantitative estimate of drug-likeness (QED) is 0.574. The Morgan fingerprint density at radius 2 is 2.36 bits per heavy atom. The first-order valence-corrected chi connectivity index (χ1v) is 3.95. The molecule has 0 N–H and O–H groups in total. The summed E-state index contributed by atoms with van der Waals surface area (Å²) in [6.45, 7) is 0. The van der Waals surface area contributed by atoms with Crippen LogP contribution >= 0.6 is 0 Å². The Balaban J connectivity index is 2.30. The molecule has 0 radical (unpaired) electrons. The molecular weight excluding hydrogens is 147 g/mol. The van der Waals surface area contributed by atoms with Crippen molar-refractivity contribution < 1.29 is 13.9 Å². The van der Waals surface area contributed by atoms with Gasteiger partial charge >= 0.3 is 5.97 Å². The summed E-state index contributed by atoms with van der Waals surface area (Å²) in [5.74, 6) is -0.373. The van der Waals surface area contributed by atoms with E-state index < -0.39 is 6.17 Å². The molecule has 0 spiro atoms. The summed E-state index contributed by atoms with van der Waals surface area (Å²) in [6.07, 6.45) is 1.81. The molecule has 2 nitrogen and oxygen atoms in total. The maximum atomic E-state index is 12.9. The SMILES string of the molecule is COC(=O)C[C@H]1CCC[C@H]1F. The first-order chi connectivity index (χ1) is 5.24. The molecule has 0 saturated heterocycles. The number of ether oxygens (including phenoxy) is 1. The van der Waals surface area contributed by atoms with E-state index in [2.05, 4.69) is 4.74 Å². The maximum absolute atomic E-state index is 12.9. The summed E-state index contributed by atoms with van der Waals surface area (Å²) in [5.41, 5.74) is 0. The third-order valence-electron chi connectivity index (χ3n) is 2.22. The van der Waals surface area contributed by atoms with E-state index in [9.17, 15) is 9.18 Å². The summed E-state index contributed by atoms with van der Waals surface area (Å²) in [4.78, 5) is 10.7. The molecule has 2 atom stereocenters. The van der Waals surface area contributed by atoms with E-state index in [0.29, 0.717) is 6.42 Å². The van der Waals surface area contributed by atoms with Gasteiger partial charge in [-0.05, 0) is 12.8 Å². The van der Waals surface area contributed by atoms with Gasteiger partial charge in [0.05, 0.1) is 13.5 Å². The molecule has 0 amide bonds. The predicted octanol–water partition coefficient (Wildman–Crippen LogP) is 1.69. The third kappa shape index (κ3) is 2.17. The topological polar surface area (TPSA) is 26.3 Å². The van der Waals surface area contributed by atoms with Gasteiger partial charge in [-0.2, -0.15) is 0 Å². The van der Waals surface area contributed by atoms with E-state index in [1.165, 1.54) is 7.11 Å². The van der Waals surface area contributed by atoms with Gasteiger partial charge in [0.1, 0.15) is 6.17 Å². The van der Waals surface area contributed by atoms with Crippen molar-refractivity contribution in [3.05, 3.63) is 0 Å². The van der Waals surface area contributed by atoms with Gasteiger partial charge in [-0.1, -0.05) is 6.42 Å². The summed E-state index contributed by atoms with van der Waals surface area (Å²) < 4.78 is 17.3. The summed E-state index contributed by atoms with van der Waals surface area (Å²) >= 11 is 0. The fraction of sp³-hybridized carbons (Fsp3) is 0.875. The normalized spacial score (nSPS) is 30.4. The zero-order valence-corrected chi connectivity index (χ0v) is 6.68. The van der Waals surface area contributed by atoms with Gasteiger partial charge < -0.3 is 4.74 Å². The van der Waals surface area contributed by atoms with Gasteiger partial charge in [0.2, 0.25) is 0 Å². The highest BCUT2D eigenvalue weighted by Crippen LogP contribution is 2.30. The number of hydrogen-bond donors (Lipinski definition) is 0. The van der Waals surface area contributed by atoms with E-state index in [1.54, 1.807) is 0 Å². The van der Waals surface area contributed by atoms with Crippen LogP contribution in [0, 0.1) is 5.92 Å². The van der Waals surface area contributed by atoms with E-state index in [-0.39, 0.29) is 18.3 Å². The molecule has 0 aromatic heterocycles. The van der Waals surface area contributed by atoms with Crippen LogP contribution in [-0.4, -0.2) is 19.3 Å². The van der Waals surface area contributed by atoms with Crippen molar-refractivity contribution >= 4 is 5.97 Å². The van der Waals surface area contributed by atoms with Crippen molar-refractivity contribution in [2.75, 3.05) is 7.11 Å². The van der Waals surface area contributed by atoms with Crippen LogP contribution in [0.5, 0.6) is 0 Å². The Morgan fingerprint density at radius 3 is 2.82 bits per heavy atom. The Bertz CT molecular complexity index is 147. The number of carbonyl (C=O) groups excluding carboxylic acids is 1. The number of rotatable bonds is 2. The molecule has 0 aromatic carbocycles. The molecule has 0 bridgehead atoms. The smallest absolute Gasteiger partial charge is 0.305 e. The molecule has 0 aromatic rings. The average Bonchev–Trinajstić information content (AvgIpc) is 2.37. The van der Waals surface area contributed by atoms with Gasteiger partial charge in [0.25, 0.3) is 0 Å². The molecule has 11 heavy (non-hydrogen) atoms. The molecule has 0 aliphatic heterocycles. The molecule has 1 fully saturated rings. The fourth-order valence-electron chi connectivity index (χ4n) is 1.52. The van der Waals surface area contributed by atoms with Crippen LogP contribution in [0.2, 0.25) is 0 Å². The van der Waals surface area contributed by atoms with Crippen LogP contribution in [0.15, 0.2) is 0 Å². The van der Waals surface area contributed by atoms with E-state index in [0.717, 1.165) is 12.8 Å². The molecule has 1 rings (SSSR count). The number of alkyl halides is 1. The molecule has 0 unspecified atom stereocenters. The lowest BCUT2D eigenvalue weighted by atomic mass is 10.0. The van der Waals surface area contributed by atoms with E-state index in [1.807, 2.05) is 0 Å². The lowest BCUT2D eigenvalue weighted by Crippen LogP contribution is -2.14. The number of esters is 1. The molecule has 64 valence electrons. The average molecular weight is 160 g/mol. The molecule has 1 aliphatic carbocycles. The zero-order valence-electron chi connectivity index (χ0n) is 6.68. The van der Waals surface area contributed by atoms with Crippen molar-refractivity contribution in [1.29, 1.82) is 0 Å². The van der Waals surface area contributed by atoms with E-state index in [4.69, 9.17) is 0 Å². The Kier molecular flexibility index (Phi) is 2.85. The molecule has 0 heterocycles. The van der Waals surface area contributed by atoms with Gasteiger partial charge in [-0.25, -0.2) is 4.39 Å². The monoisotopic (exact) mass is 160 g/mol.